The van der Waals surface area contributed by atoms with Gasteiger partial charge in [0.25, 0.3) is 5.91 Å². The third-order valence-corrected chi connectivity index (χ3v) is 3.99. The number of halogens is 2. The number of hydrogen-bond acceptors (Lipinski definition) is 3. The Morgan fingerprint density at radius 3 is 2.71 bits per heavy atom. The summed E-state index contributed by atoms with van der Waals surface area (Å²) < 4.78 is 2.12. The molecule has 1 aromatic carbocycles. The van der Waals surface area contributed by atoms with Gasteiger partial charge in [0.1, 0.15) is 0 Å². The van der Waals surface area contributed by atoms with Crippen LogP contribution in [0.25, 0.3) is 0 Å². The number of aromatic nitrogens is 2. The molecule has 0 saturated carbocycles. The summed E-state index contributed by atoms with van der Waals surface area (Å²) in [5.41, 5.74) is 0.667. The van der Waals surface area contributed by atoms with E-state index in [-0.39, 0.29) is 5.56 Å². The van der Waals surface area contributed by atoms with Crippen LogP contribution in [0.3, 0.4) is 0 Å². The summed E-state index contributed by atoms with van der Waals surface area (Å²) in [5, 5.41) is 16.0. The van der Waals surface area contributed by atoms with Crippen molar-refractivity contribution < 1.29 is 14.7 Å². The number of hydrogen-bond donors (Lipinski definition) is 2. The zero-order chi connectivity index (χ0) is 15.6. The summed E-state index contributed by atoms with van der Waals surface area (Å²) in [6.07, 6.45) is 2.93. The molecule has 0 aliphatic heterocycles. The molecule has 2 rings (SSSR count). The van der Waals surface area contributed by atoms with Crippen molar-refractivity contribution in [1.29, 1.82) is 0 Å². The molecule has 1 heterocycles. The predicted octanol–water partition coefficient (Wildman–Crippen LogP) is 2.39. The summed E-state index contributed by atoms with van der Waals surface area (Å²) in [6.45, 7) is 0. The molecule has 0 aliphatic carbocycles. The molecule has 2 N–H and O–H groups in total. The molecular formula is C13H11BrClN3O3. The Bertz CT molecular complexity index is 702. The van der Waals surface area contributed by atoms with Crippen LogP contribution in [0.2, 0.25) is 5.02 Å². The second-order valence-corrected chi connectivity index (χ2v) is 5.58. The zero-order valence-electron chi connectivity index (χ0n) is 10.9. The van der Waals surface area contributed by atoms with Crippen LogP contribution < -0.4 is 5.32 Å². The van der Waals surface area contributed by atoms with Gasteiger partial charge in [0.2, 0.25) is 0 Å². The normalized spacial score (nSPS) is 12.0. The Balaban J connectivity index is 2.22. The fraction of sp³-hybridized carbons (Fsp3) is 0.154. The monoisotopic (exact) mass is 371 g/mol. The fourth-order valence-electron chi connectivity index (χ4n) is 1.73. The van der Waals surface area contributed by atoms with E-state index in [1.54, 1.807) is 19.2 Å². The van der Waals surface area contributed by atoms with Gasteiger partial charge in [-0.15, -0.1) is 0 Å². The van der Waals surface area contributed by atoms with Crippen molar-refractivity contribution in [2.45, 2.75) is 6.04 Å². The average molecular weight is 373 g/mol. The van der Waals surface area contributed by atoms with Crippen molar-refractivity contribution >= 4 is 39.4 Å². The minimum Gasteiger partial charge on any atom is -0.479 e. The highest BCUT2D eigenvalue weighted by Crippen LogP contribution is 2.23. The summed E-state index contributed by atoms with van der Waals surface area (Å²) >= 11 is 9.14. The SMILES string of the molecule is Cn1cc(C(NC(=O)c2ccc(Br)c(Cl)c2)C(=O)O)cn1. The number of benzene rings is 1. The number of carboxylic acid groups (broad SMARTS) is 1. The summed E-state index contributed by atoms with van der Waals surface area (Å²) in [7, 11) is 1.67. The highest BCUT2D eigenvalue weighted by atomic mass is 79.9. The molecule has 0 aliphatic rings. The molecule has 21 heavy (non-hydrogen) atoms. The molecule has 1 aromatic heterocycles. The second-order valence-electron chi connectivity index (χ2n) is 4.32. The molecule has 8 heteroatoms. The number of aryl methyl sites for hydroxylation is 1. The van der Waals surface area contributed by atoms with Crippen molar-refractivity contribution in [3.8, 4) is 0 Å². The molecule has 0 saturated heterocycles. The Morgan fingerprint density at radius 1 is 1.48 bits per heavy atom. The predicted molar refractivity (Wildman–Crippen MR) is 80.2 cm³/mol. The maximum Gasteiger partial charge on any atom is 0.331 e. The molecule has 6 nitrogen and oxygen atoms in total. The number of carbonyl (C=O) groups is 2. The Morgan fingerprint density at radius 2 is 2.19 bits per heavy atom. The van der Waals surface area contributed by atoms with Gasteiger partial charge in [0, 0.05) is 28.8 Å². The van der Waals surface area contributed by atoms with E-state index in [2.05, 4.69) is 26.3 Å². The van der Waals surface area contributed by atoms with Crippen molar-refractivity contribution in [3.63, 3.8) is 0 Å². The van der Waals surface area contributed by atoms with E-state index < -0.39 is 17.9 Å². The molecule has 1 amide bonds. The number of carboxylic acids is 1. The molecule has 0 fully saturated rings. The molecular weight excluding hydrogens is 362 g/mol. The van der Waals surface area contributed by atoms with Gasteiger partial charge >= 0.3 is 5.97 Å². The van der Waals surface area contributed by atoms with E-state index in [0.717, 1.165) is 0 Å². The average Bonchev–Trinajstić information content (AvgIpc) is 2.84. The summed E-state index contributed by atoms with van der Waals surface area (Å²) in [6, 6.07) is 3.46. The second kappa shape index (κ2) is 6.28. The number of rotatable bonds is 4. The van der Waals surface area contributed by atoms with E-state index in [1.165, 1.54) is 23.1 Å². The minimum atomic E-state index is -1.17. The largest absolute Gasteiger partial charge is 0.479 e. The maximum atomic E-state index is 12.1. The van der Waals surface area contributed by atoms with Crippen molar-refractivity contribution in [3.05, 3.63) is 51.2 Å². The highest BCUT2D eigenvalue weighted by molar-refractivity contribution is 9.10. The number of nitrogens with zero attached hydrogens (tertiary/aromatic N) is 2. The van der Waals surface area contributed by atoms with E-state index in [0.29, 0.717) is 15.1 Å². The van der Waals surface area contributed by atoms with Crippen LogP contribution in [0.15, 0.2) is 35.1 Å². The molecule has 0 bridgehead atoms. The first-order valence-corrected chi connectivity index (χ1v) is 7.03. The minimum absolute atomic E-state index is 0.276. The van der Waals surface area contributed by atoms with Crippen molar-refractivity contribution in [2.75, 3.05) is 0 Å². The molecule has 1 unspecified atom stereocenters. The lowest BCUT2D eigenvalue weighted by atomic mass is 10.1. The summed E-state index contributed by atoms with van der Waals surface area (Å²) in [5.74, 6) is -1.69. The van der Waals surface area contributed by atoms with Gasteiger partial charge in [-0.2, -0.15) is 5.10 Å². The van der Waals surface area contributed by atoms with Crippen LogP contribution in [0.1, 0.15) is 22.0 Å². The van der Waals surface area contributed by atoms with E-state index in [4.69, 9.17) is 11.6 Å². The number of amides is 1. The van der Waals surface area contributed by atoms with E-state index >= 15 is 0 Å². The first-order valence-electron chi connectivity index (χ1n) is 5.85. The van der Waals surface area contributed by atoms with Gasteiger partial charge in [-0.1, -0.05) is 11.6 Å². The van der Waals surface area contributed by atoms with Gasteiger partial charge in [-0.3, -0.25) is 9.48 Å². The number of carbonyl (C=O) groups excluding carboxylic acids is 1. The fourth-order valence-corrected chi connectivity index (χ4v) is 2.16. The smallest absolute Gasteiger partial charge is 0.331 e. The van der Waals surface area contributed by atoms with Gasteiger partial charge in [-0.25, -0.2) is 4.79 Å². The lowest BCUT2D eigenvalue weighted by Gasteiger charge is -2.13. The topological polar surface area (TPSA) is 84.2 Å². The highest BCUT2D eigenvalue weighted by Gasteiger charge is 2.24. The van der Waals surface area contributed by atoms with Crippen molar-refractivity contribution in [2.24, 2.45) is 7.05 Å². The molecule has 1 atom stereocenters. The van der Waals surface area contributed by atoms with Gasteiger partial charge in [0.05, 0.1) is 11.2 Å². The van der Waals surface area contributed by atoms with Crippen molar-refractivity contribution in [1.82, 2.24) is 15.1 Å². The lowest BCUT2D eigenvalue weighted by molar-refractivity contribution is -0.139. The third-order valence-electron chi connectivity index (χ3n) is 2.76. The third kappa shape index (κ3) is 3.62. The lowest BCUT2D eigenvalue weighted by Crippen LogP contribution is -2.33. The van der Waals surface area contributed by atoms with Crippen LogP contribution >= 0.6 is 27.5 Å². The van der Waals surface area contributed by atoms with E-state index in [1.807, 2.05) is 0 Å². The van der Waals surface area contributed by atoms with E-state index in [9.17, 15) is 14.7 Å². The molecule has 0 spiro atoms. The first kappa shape index (κ1) is 15.5. The molecule has 0 radical (unpaired) electrons. The Kier molecular flexibility index (Phi) is 4.64. The van der Waals surface area contributed by atoms with Crippen LogP contribution in [-0.4, -0.2) is 26.8 Å². The first-order chi connectivity index (χ1) is 9.88. The number of nitrogens with one attached hydrogen (secondary N) is 1. The standard InChI is InChI=1S/C13H11BrClN3O3/c1-18-6-8(5-16-18)11(13(20)21)17-12(19)7-2-3-9(14)10(15)4-7/h2-6,11H,1H3,(H,17,19)(H,20,21). The zero-order valence-corrected chi connectivity index (χ0v) is 13.2. The number of aliphatic carboxylic acids is 1. The Hall–Kier alpha value is -1.86. The van der Waals surface area contributed by atoms with Gasteiger partial charge < -0.3 is 10.4 Å². The quantitative estimate of drug-likeness (QED) is 0.863. The van der Waals surface area contributed by atoms with Crippen LogP contribution in [-0.2, 0) is 11.8 Å². The maximum absolute atomic E-state index is 12.1. The molecule has 2 aromatic rings. The van der Waals surface area contributed by atoms with Crippen LogP contribution in [0, 0.1) is 0 Å². The van der Waals surface area contributed by atoms with Crippen LogP contribution in [0.5, 0.6) is 0 Å². The van der Waals surface area contributed by atoms with Gasteiger partial charge in [0.15, 0.2) is 6.04 Å². The van der Waals surface area contributed by atoms with Crippen LogP contribution in [0.4, 0.5) is 0 Å². The summed E-state index contributed by atoms with van der Waals surface area (Å²) in [4.78, 5) is 23.4. The Labute approximate surface area is 133 Å². The molecule has 110 valence electrons. The van der Waals surface area contributed by atoms with Gasteiger partial charge in [-0.05, 0) is 34.1 Å².